The van der Waals surface area contributed by atoms with Gasteiger partial charge in [0.15, 0.2) is 0 Å². The molecule has 2 atom stereocenters. The van der Waals surface area contributed by atoms with Gasteiger partial charge in [0, 0.05) is 32.3 Å². The zero-order chi connectivity index (χ0) is 15.2. The fourth-order valence-electron chi connectivity index (χ4n) is 2.31. The molecule has 5 nitrogen and oxygen atoms in total. The lowest BCUT2D eigenvalue weighted by atomic mass is 10.1. The van der Waals surface area contributed by atoms with Crippen LogP contribution in [0.4, 0.5) is 4.79 Å². The van der Waals surface area contributed by atoms with Gasteiger partial charge in [0.1, 0.15) is 5.60 Å². The topological polar surface area (TPSA) is 50.8 Å². The number of amides is 1. The molecule has 1 aliphatic rings. The van der Waals surface area contributed by atoms with Crippen molar-refractivity contribution in [3.05, 3.63) is 0 Å². The fraction of sp³-hybridized carbons (Fsp3) is 0.933. The van der Waals surface area contributed by atoms with Gasteiger partial charge in [-0.25, -0.2) is 4.79 Å². The zero-order valence-corrected chi connectivity index (χ0v) is 13.6. The van der Waals surface area contributed by atoms with E-state index in [0.29, 0.717) is 12.6 Å². The highest BCUT2D eigenvalue weighted by molar-refractivity contribution is 5.68. The number of carbonyl (C=O) groups is 1. The van der Waals surface area contributed by atoms with Crippen molar-refractivity contribution in [3.8, 4) is 0 Å². The molecule has 0 aromatic heterocycles. The second-order valence-corrected chi connectivity index (χ2v) is 6.44. The summed E-state index contributed by atoms with van der Waals surface area (Å²) >= 11 is 0. The lowest BCUT2D eigenvalue weighted by Crippen LogP contribution is -2.50. The van der Waals surface area contributed by atoms with Crippen LogP contribution in [0.3, 0.4) is 0 Å². The molecule has 1 N–H and O–H groups in total. The van der Waals surface area contributed by atoms with E-state index in [-0.39, 0.29) is 12.2 Å². The predicted octanol–water partition coefficient (Wildman–Crippen LogP) is 2.40. The largest absolute Gasteiger partial charge is 0.444 e. The Morgan fingerprint density at radius 3 is 2.75 bits per heavy atom. The molecule has 118 valence electrons. The third-order valence-corrected chi connectivity index (χ3v) is 3.22. The van der Waals surface area contributed by atoms with Gasteiger partial charge in [0.2, 0.25) is 0 Å². The first-order chi connectivity index (χ1) is 9.31. The number of likely N-dealkylation sites (tertiary alicyclic amines) is 1. The van der Waals surface area contributed by atoms with Crippen molar-refractivity contribution >= 4 is 6.09 Å². The Hall–Kier alpha value is -0.810. The number of hydrogen-bond acceptors (Lipinski definition) is 4. The average Bonchev–Trinajstić information content (AvgIpc) is 2.35. The molecular formula is C15H30N2O3. The highest BCUT2D eigenvalue weighted by Crippen LogP contribution is 2.15. The molecule has 5 heteroatoms. The van der Waals surface area contributed by atoms with Crippen LogP contribution in [0.2, 0.25) is 0 Å². The number of ether oxygens (including phenoxy) is 2. The molecule has 1 amide bonds. The number of piperidine rings is 1. The fourth-order valence-corrected chi connectivity index (χ4v) is 2.31. The predicted molar refractivity (Wildman–Crippen MR) is 79.9 cm³/mol. The Labute approximate surface area is 123 Å². The highest BCUT2D eigenvalue weighted by atomic mass is 16.6. The maximum Gasteiger partial charge on any atom is 0.410 e. The van der Waals surface area contributed by atoms with Crippen molar-refractivity contribution in [3.63, 3.8) is 0 Å². The highest BCUT2D eigenvalue weighted by Gasteiger charge is 2.27. The van der Waals surface area contributed by atoms with Crippen LogP contribution < -0.4 is 5.32 Å². The second kappa shape index (κ2) is 7.84. The summed E-state index contributed by atoms with van der Waals surface area (Å²) < 4.78 is 10.9. The minimum atomic E-state index is -0.430. The van der Waals surface area contributed by atoms with Crippen LogP contribution in [0.25, 0.3) is 0 Å². The van der Waals surface area contributed by atoms with Gasteiger partial charge in [-0.3, -0.25) is 0 Å². The van der Waals surface area contributed by atoms with Crippen LogP contribution in [-0.4, -0.2) is 55.0 Å². The third-order valence-electron chi connectivity index (χ3n) is 3.22. The first-order valence-corrected chi connectivity index (χ1v) is 7.64. The number of carbonyl (C=O) groups excluding carboxylic acids is 1. The molecule has 1 rings (SSSR count). The Balaban J connectivity index is 2.36. The molecule has 1 aliphatic heterocycles. The van der Waals surface area contributed by atoms with Gasteiger partial charge < -0.3 is 19.7 Å². The van der Waals surface area contributed by atoms with E-state index in [1.54, 1.807) is 4.90 Å². The van der Waals surface area contributed by atoms with E-state index in [0.717, 1.165) is 32.5 Å². The van der Waals surface area contributed by atoms with Gasteiger partial charge in [0.05, 0.1) is 6.10 Å². The molecular weight excluding hydrogens is 256 g/mol. The Bertz CT molecular complexity index is 302. The molecule has 1 saturated heterocycles. The van der Waals surface area contributed by atoms with Crippen molar-refractivity contribution in [1.82, 2.24) is 10.2 Å². The van der Waals surface area contributed by atoms with Crippen molar-refractivity contribution in [2.45, 2.75) is 65.2 Å². The minimum absolute atomic E-state index is 0.205. The summed E-state index contributed by atoms with van der Waals surface area (Å²) in [4.78, 5) is 13.9. The van der Waals surface area contributed by atoms with Crippen LogP contribution in [0.5, 0.6) is 0 Å². The first kappa shape index (κ1) is 17.2. The average molecular weight is 286 g/mol. The molecule has 20 heavy (non-hydrogen) atoms. The lowest BCUT2D eigenvalue weighted by molar-refractivity contribution is 0.0177. The Morgan fingerprint density at radius 1 is 1.45 bits per heavy atom. The van der Waals surface area contributed by atoms with E-state index in [1.165, 1.54) is 0 Å². The molecule has 1 heterocycles. The van der Waals surface area contributed by atoms with E-state index >= 15 is 0 Å². The number of hydrogen-bond donors (Lipinski definition) is 1. The molecule has 0 bridgehead atoms. The molecule has 0 spiro atoms. The van der Waals surface area contributed by atoms with Gasteiger partial charge in [-0.15, -0.1) is 0 Å². The van der Waals surface area contributed by atoms with Crippen LogP contribution in [0.15, 0.2) is 0 Å². The standard InChI is InChI=1S/C15H30N2O3/c1-6-19-12(2)10-16-13-8-7-9-17(11-13)14(18)20-15(3,4)5/h12-13,16H,6-11H2,1-5H3. The summed E-state index contributed by atoms with van der Waals surface area (Å²) in [5.74, 6) is 0. The van der Waals surface area contributed by atoms with Gasteiger partial charge in [-0.05, 0) is 47.5 Å². The quantitative estimate of drug-likeness (QED) is 0.843. The first-order valence-electron chi connectivity index (χ1n) is 7.64. The molecule has 0 aliphatic carbocycles. The van der Waals surface area contributed by atoms with E-state index in [4.69, 9.17) is 9.47 Å². The van der Waals surface area contributed by atoms with Gasteiger partial charge in [-0.1, -0.05) is 0 Å². The number of rotatable bonds is 5. The molecule has 2 unspecified atom stereocenters. The van der Waals surface area contributed by atoms with E-state index in [9.17, 15) is 4.79 Å². The maximum absolute atomic E-state index is 12.1. The summed E-state index contributed by atoms with van der Waals surface area (Å²) in [5, 5.41) is 3.48. The van der Waals surface area contributed by atoms with Crippen molar-refractivity contribution in [2.24, 2.45) is 0 Å². The Morgan fingerprint density at radius 2 is 2.15 bits per heavy atom. The van der Waals surface area contributed by atoms with Crippen LogP contribution in [0.1, 0.15) is 47.5 Å². The smallest absolute Gasteiger partial charge is 0.410 e. The Kier molecular flexibility index (Phi) is 6.76. The van der Waals surface area contributed by atoms with Crippen molar-refractivity contribution < 1.29 is 14.3 Å². The van der Waals surface area contributed by atoms with Crippen molar-refractivity contribution in [2.75, 3.05) is 26.2 Å². The molecule has 0 aromatic carbocycles. The normalized spacial score (nSPS) is 21.6. The lowest BCUT2D eigenvalue weighted by Gasteiger charge is -2.34. The monoisotopic (exact) mass is 286 g/mol. The summed E-state index contributed by atoms with van der Waals surface area (Å²) in [6, 6.07) is 0.333. The van der Waals surface area contributed by atoms with E-state index in [1.807, 2.05) is 27.7 Å². The van der Waals surface area contributed by atoms with Crippen LogP contribution >= 0.6 is 0 Å². The van der Waals surface area contributed by atoms with E-state index in [2.05, 4.69) is 12.2 Å². The summed E-state index contributed by atoms with van der Waals surface area (Å²) in [7, 11) is 0. The van der Waals surface area contributed by atoms with E-state index < -0.39 is 5.60 Å². The third kappa shape index (κ3) is 6.57. The minimum Gasteiger partial charge on any atom is -0.444 e. The SMILES string of the molecule is CCOC(C)CNC1CCCN(C(=O)OC(C)(C)C)C1. The maximum atomic E-state index is 12.1. The van der Waals surface area contributed by atoms with Gasteiger partial charge >= 0.3 is 6.09 Å². The van der Waals surface area contributed by atoms with Gasteiger partial charge in [-0.2, -0.15) is 0 Å². The molecule has 0 radical (unpaired) electrons. The molecule has 0 saturated carbocycles. The summed E-state index contributed by atoms with van der Waals surface area (Å²) in [5.41, 5.74) is -0.430. The molecule has 0 aromatic rings. The van der Waals surface area contributed by atoms with Crippen LogP contribution in [0, 0.1) is 0 Å². The zero-order valence-electron chi connectivity index (χ0n) is 13.6. The number of nitrogens with zero attached hydrogens (tertiary/aromatic N) is 1. The summed E-state index contributed by atoms with van der Waals surface area (Å²) in [6.45, 7) is 12.8. The number of nitrogens with one attached hydrogen (secondary N) is 1. The van der Waals surface area contributed by atoms with Crippen LogP contribution in [-0.2, 0) is 9.47 Å². The summed E-state index contributed by atoms with van der Waals surface area (Å²) in [6.07, 6.45) is 2.11. The second-order valence-electron chi connectivity index (χ2n) is 6.44. The van der Waals surface area contributed by atoms with Crippen molar-refractivity contribution in [1.29, 1.82) is 0 Å². The van der Waals surface area contributed by atoms with Gasteiger partial charge in [0.25, 0.3) is 0 Å². The molecule has 1 fully saturated rings.